The van der Waals surface area contributed by atoms with Crippen LogP contribution in [-0.4, -0.2) is 25.9 Å². The van der Waals surface area contributed by atoms with Crippen LogP contribution in [0.25, 0.3) is 0 Å². The summed E-state index contributed by atoms with van der Waals surface area (Å²) in [5, 5.41) is 11.9. The Hall–Kier alpha value is -1.13. The predicted octanol–water partition coefficient (Wildman–Crippen LogP) is 3.49. The minimum atomic E-state index is -3.22. The third-order valence-electron chi connectivity index (χ3n) is 4.36. The topological polar surface area (TPSA) is 54.4 Å². The van der Waals surface area contributed by atoms with Crippen LogP contribution >= 0.6 is 0 Å². The van der Waals surface area contributed by atoms with Gasteiger partial charge >= 0.3 is 0 Å². The fourth-order valence-electron chi connectivity index (χ4n) is 3.24. The zero-order valence-corrected chi connectivity index (χ0v) is 14.1. The molecule has 0 heterocycles. The summed E-state index contributed by atoms with van der Waals surface area (Å²) in [6.07, 6.45) is 7.31. The molecule has 1 aromatic carbocycles. The third kappa shape index (κ3) is 5.58. The first-order valence-electron chi connectivity index (χ1n) is 8.09. The van der Waals surface area contributed by atoms with Crippen LogP contribution in [0.4, 0.5) is 0 Å². The molecule has 0 spiro atoms. The van der Waals surface area contributed by atoms with Crippen molar-refractivity contribution >= 4 is 9.84 Å². The molecule has 1 atom stereocenters. The highest BCUT2D eigenvalue weighted by molar-refractivity contribution is 7.93. The van der Waals surface area contributed by atoms with Crippen molar-refractivity contribution < 1.29 is 13.5 Å². The summed E-state index contributed by atoms with van der Waals surface area (Å²) < 4.78 is 23.4. The monoisotopic (exact) mass is 322 g/mol. The van der Waals surface area contributed by atoms with E-state index in [0.717, 1.165) is 37.7 Å². The summed E-state index contributed by atoms with van der Waals surface area (Å²) in [6, 6.07) is 10.0. The van der Waals surface area contributed by atoms with Crippen molar-refractivity contribution in [1.82, 2.24) is 0 Å². The second-order valence-corrected chi connectivity index (χ2v) is 8.22. The summed E-state index contributed by atoms with van der Waals surface area (Å²) in [4.78, 5) is 0. The Bertz CT molecular complexity index is 584. The zero-order valence-electron chi connectivity index (χ0n) is 13.2. The fourth-order valence-corrected chi connectivity index (χ4v) is 4.09. The van der Waals surface area contributed by atoms with Crippen LogP contribution in [0.2, 0.25) is 0 Å². The molecule has 122 valence electrons. The van der Waals surface area contributed by atoms with E-state index in [0.29, 0.717) is 6.42 Å². The van der Waals surface area contributed by atoms with Crippen LogP contribution in [0.1, 0.15) is 44.1 Å². The smallest absolute Gasteiger partial charge is 0.168 e. The predicted molar refractivity (Wildman–Crippen MR) is 90.3 cm³/mol. The van der Waals surface area contributed by atoms with Crippen molar-refractivity contribution in [3.63, 3.8) is 0 Å². The number of hydrogen-bond acceptors (Lipinski definition) is 3. The Morgan fingerprint density at radius 1 is 1.23 bits per heavy atom. The highest BCUT2D eigenvalue weighted by atomic mass is 32.2. The molecular weight excluding hydrogens is 296 g/mol. The van der Waals surface area contributed by atoms with Gasteiger partial charge in [-0.25, -0.2) is 8.42 Å². The van der Waals surface area contributed by atoms with Crippen LogP contribution in [0, 0.1) is 5.92 Å². The van der Waals surface area contributed by atoms with Gasteiger partial charge in [0.15, 0.2) is 9.84 Å². The van der Waals surface area contributed by atoms with E-state index >= 15 is 0 Å². The van der Waals surface area contributed by atoms with Gasteiger partial charge in [0.1, 0.15) is 0 Å². The first-order chi connectivity index (χ1) is 10.5. The Kier molecular flexibility index (Phi) is 6.21. The summed E-state index contributed by atoms with van der Waals surface area (Å²) >= 11 is 0. The van der Waals surface area contributed by atoms with Crippen molar-refractivity contribution in [3.05, 3.63) is 46.9 Å². The maximum absolute atomic E-state index is 11.7. The van der Waals surface area contributed by atoms with Crippen molar-refractivity contribution in [3.8, 4) is 0 Å². The molecule has 0 radical (unpaired) electrons. The number of aliphatic hydroxyl groups is 1. The lowest BCUT2D eigenvalue weighted by Crippen LogP contribution is -2.22. The quantitative estimate of drug-likeness (QED) is 0.872. The Morgan fingerprint density at radius 2 is 1.86 bits per heavy atom. The average Bonchev–Trinajstić information content (AvgIpc) is 2.51. The number of aliphatic hydroxyl groups excluding tert-OH is 1. The van der Waals surface area contributed by atoms with E-state index in [2.05, 4.69) is 0 Å². The number of benzene rings is 1. The van der Waals surface area contributed by atoms with E-state index in [9.17, 15) is 13.5 Å². The molecule has 3 nitrogen and oxygen atoms in total. The lowest BCUT2D eigenvalue weighted by Gasteiger charge is -2.27. The number of hydrogen-bond donors (Lipinski definition) is 1. The van der Waals surface area contributed by atoms with E-state index in [1.807, 2.05) is 30.3 Å². The third-order valence-corrected chi connectivity index (χ3v) is 5.06. The normalized spacial score (nSPS) is 19.1. The van der Waals surface area contributed by atoms with Gasteiger partial charge in [0, 0.05) is 11.7 Å². The molecule has 1 saturated carbocycles. The van der Waals surface area contributed by atoms with Crippen LogP contribution in [0.3, 0.4) is 0 Å². The van der Waals surface area contributed by atoms with Gasteiger partial charge in [0.25, 0.3) is 0 Å². The molecule has 1 fully saturated rings. The summed E-state index contributed by atoms with van der Waals surface area (Å²) in [5.74, 6) is 0.217. The van der Waals surface area contributed by atoms with Crippen LogP contribution < -0.4 is 0 Å². The molecule has 1 N–H and O–H groups in total. The molecule has 0 amide bonds. The van der Waals surface area contributed by atoms with E-state index < -0.39 is 15.9 Å². The van der Waals surface area contributed by atoms with E-state index in [1.165, 1.54) is 23.6 Å². The molecule has 22 heavy (non-hydrogen) atoms. The standard InChI is InChI=1S/C18H26O3S/c1-22(20,21)14-17(16-10-6-3-7-11-16)18(19)13-12-15-8-4-2-5-9-15/h2,4-5,8-9,14,16,18-19H,3,6-7,10-13H2,1H3/b17-14+. The Morgan fingerprint density at radius 3 is 2.45 bits per heavy atom. The van der Waals surface area contributed by atoms with Crippen LogP contribution in [-0.2, 0) is 16.3 Å². The fraction of sp³-hybridized carbons (Fsp3) is 0.556. The summed E-state index contributed by atoms with van der Waals surface area (Å²) in [6.45, 7) is 0. The maximum atomic E-state index is 11.7. The lowest BCUT2D eigenvalue weighted by molar-refractivity contribution is 0.179. The first-order valence-corrected chi connectivity index (χ1v) is 10.0. The second-order valence-electron chi connectivity index (χ2n) is 6.32. The molecule has 1 unspecified atom stereocenters. The van der Waals surface area contributed by atoms with Crippen molar-refractivity contribution in [2.75, 3.05) is 6.26 Å². The van der Waals surface area contributed by atoms with E-state index in [1.54, 1.807) is 0 Å². The molecule has 4 heteroatoms. The molecule has 1 aliphatic rings. The first kappa shape index (κ1) is 17.2. The second kappa shape index (κ2) is 7.93. The van der Waals surface area contributed by atoms with Gasteiger partial charge in [0.2, 0.25) is 0 Å². The minimum Gasteiger partial charge on any atom is -0.389 e. The van der Waals surface area contributed by atoms with Gasteiger partial charge in [-0.05, 0) is 42.7 Å². The summed E-state index contributed by atoms with van der Waals surface area (Å²) in [5.41, 5.74) is 1.89. The molecule has 1 aromatic rings. The van der Waals surface area contributed by atoms with Crippen molar-refractivity contribution in [2.24, 2.45) is 5.92 Å². The highest BCUT2D eigenvalue weighted by Crippen LogP contribution is 2.33. The van der Waals surface area contributed by atoms with E-state index in [4.69, 9.17) is 0 Å². The van der Waals surface area contributed by atoms with Crippen LogP contribution in [0.15, 0.2) is 41.3 Å². The number of rotatable bonds is 6. The van der Waals surface area contributed by atoms with Crippen LogP contribution in [0.5, 0.6) is 0 Å². The number of aryl methyl sites for hydroxylation is 1. The Labute approximate surface area is 134 Å². The minimum absolute atomic E-state index is 0.217. The maximum Gasteiger partial charge on any atom is 0.168 e. The largest absolute Gasteiger partial charge is 0.389 e. The van der Waals surface area contributed by atoms with Gasteiger partial charge in [-0.1, -0.05) is 49.6 Å². The lowest BCUT2D eigenvalue weighted by atomic mass is 9.81. The van der Waals surface area contributed by atoms with Gasteiger partial charge < -0.3 is 5.11 Å². The molecule has 0 aromatic heterocycles. The van der Waals surface area contributed by atoms with Crippen molar-refractivity contribution in [2.45, 2.75) is 51.0 Å². The SMILES string of the molecule is CS(=O)(=O)/C=C(/C(O)CCc1ccccc1)C1CCCCC1. The molecular formula is C18H26O3S. The molecule has 0 bridgehead atoms. The van der Waals surface area contributed by atoms with Gasteiger partial charge in [-0.2, -0.15) is 0 Å². The zero-order chi connectivity index (χ0) is 16.0. The Balaban J connectivity index is 2.08. The molecule has 2 rings (SSSR count). The van der Waals surface area contributed by atoms with Gasteiger partial charge in [0.05, 0.1) is 6.10 Å². The highest BCUT2D eigenvalue weighted by Gasteiger charge is 2.24. The van der Waals surface area contributed by atoms with Gasteiger partial charge in [-0.15, -0.1) is 0 Å². The molecule has 1 aliphatic carbocycles. The molecule has 0 saturated heterocycles. The number of sulfone groups is 1. The van der Waals surface area contributed by atoms with Crippen molar-refractivity contribution in [1.29, 1.82) is 0 Å². The molecule has 0 aliphatic heterocycles. The summed E-state index contributed by atoms with van der Waals surface area (Å²) in [7, 11) is -3.22. The average molecular weight is 322 g/mol. The van der Waals surface area contributed by atoms with E-state index in [-0.39, 0.29) is 5.92 Å². The van der Waals surface area contributed by atoms with Gasteiger partial charge in [-0.3, -0.25) is 0 Å².